The van der Waals surface area contributed by atoms with Crippen molar-refractivity contribution in [2.45, 2.75) is 39.2 Å². The smallest absolute Gasteiger partial charge is 0.00702 e. The lowest BCUT2D eigenvalue weighted by atomic mass is 9.86. The number of aryl methyl sites for hydroxylation is 1. The topological polar surface area (TPSA) is 29.3 Å². The molecule has 3 atom stereocenters. The molecular formula is C17H28N2. The maximum Gasteiger partial charge on any atom is 0.00702 e. The van der Waals surface area contributed by atoms with Crippen LogP contribution in [0, 0.1) is 11.8 Å². The Kier molecular flexibility index (Phi) is 5.41. The summed E-state index contributed by atoms with van der Waals surface area (Å²) in [5, 5.41) is 0. The first-order chi connectivity index (χ1) is 9.20. The van der Waals surface area contributed by atoms with Crippen LogP contribution in [0.3, 0.4) is 0 Å². The second-order valence-corrected chi connectivity index (χ2v) is 6.13. The van der Waals surface area contributed by atoms with E-state index in [2.05, 4.69) is 49.1 Å². The Morgan fingerprint density at radius 2 is 2.05 bits per heavy atom. The Bertz CT molecular complexity index is 363. The molecule has 1 heterocycles. The molecule has 1 fully saturated rings. The van der Waals surface area contributed by atoms with E-state index in [9.17, 15) is 0 Å². The highest BCUT2D eigenvalue weighted by Crippen LogP contribution is 2.24. The van der Waals surface area contributed by atoms with E-state index in [0.717, 1.165) is 12.5 Å². The Morgan fingerprint density at radius 1 is 1.32 bits per heavy atom. The Labute approximate surface area is 118 Å². The number of nitrogens with two attached hydrogens (primary N) is 1. The van der Waals surface area contributed by atoms with E-state index < -0.39 is 0 Å². The van der Waals surface area contributed by atoms with Crippen LogP contribution in [0.5, 0.6) is 0 Å². The molecule has 2 heteroatoms. The minimum atomic E-state index is 0.668. The third-order valence-electron chi connectivity index (χ3n) is 4.77. The molecule has 0 spiro atoms. The fraction of sp³-hybridized carbons (Fsp3) is 0.647. The van der Waals surface area contributed by atoms with Crippen LogP contribution in [0.2, 0.25) is 0 Å². The summed E-state index contributed by atoms with van der Waals surface area (Å²) in [5.41, 5.74) is 7.35. The van der Waals surface area contributed by atoms with Gasteiger partial charge in [0.25, 0.3) is 0 Å². The zero-order chi connectivity index (χ0) is 13.7. The van der Waals surface area contributed by atoms with E-state index in [-0.39, 0.29) is 0 Å². The second kappa shape index (κ2) is 7.06. The summed E-state index contributed by atoms with van der Waals surface area (Å²) in [4.78, 5) is 2.64. The predicted octanol–water partition coefficient (Wildman–Crippen LogP) is 2.92. The highest BCUT2D eigenvalue weighted by atomic mass is 15.2. The Hall–Kier alpha value is -0.860. The van der Waals surface area contributed by atoms with E-state index >= 15 is 0 Å². The van der Waals surface area contributed by atoms with Crippen molar-refractivity contribution in [3.8, 4) is 0 Å². The molecule has 0 amide bonds. The number of benzene rings is 1. The first-order valence-electron chi connectivity index (χ1n) is 7.68. The minimum absolute atomic E-state index is 0.668. The van der Waals surface area contributed by atoms with E-state index in [1.807, 2.05) is 0 Å². The van der Waals surface area contributed by atoms with Crippen LogP contribution in [-0.4, -0.2) is 30.6 Å². The molecule has 2 N–H and O–H groups in total. The van der Waals surface area contributed by atoms with Crippen LogP contribution in [0.25, 0.3) is 0 Å². The highest BCUT2D eigenvalue weighted by molar-refractivity contribution is 5.14. The molecule has 2 nitrogen and oxygen atoms in total. The number of rotatable bonds is 5. The standard InChI is InChI=1S/C17H28N2/c1-14-10-11-19(13-17(14)12-18)15(2)8-9-16-6-4-3-5-7-16/h3-7,14-15,17H,8-13,18H2,1-2H3. The van der Waals surface area contributed by atoms with Crippen molar-refractivity contribution >= 4 is 0 Å². The predicted molar refractivity (Wildman–Crippen MR) is 82.1 cm³/mol. The molecule has 3 unspecified atom stereocenters. The van der Waals surface area contributed by atoms with Gasteiger partial charge in [0.15, 0.2) is 0 Å². The summed E-state index contributed by atoms with van der Waals surface area (Å²) in [6.45, 7) is 7.99. The van der Waals surface area contributed by atoms with Crippen LogP contribution < -0.4 is 5.73 Å². The van der Waals surface area contributed by atoms with E-state index in [4.69, 9.17) is 5.73 Å². The number of piperidine rings is 1. The van der Waals surface area contributed by atoms with Gasteiger partial charge in [-0.3, -0.25) is 0 Å². The third kappa shape index (κ3) is 4.05. The zero-order valence-electron chi connectivity index (χ0n) is 12.4. The van der Waals surface area contributed by atoms with Crippen molar-refractivity contribution in [3.05, 3.63) is 35.9 Å². The van der Waals surface area contributed by atoms with Crippen LogP contribution in [-0.2, 0) is 6.42 Å². The molecule has 19 heavy (non-hydrogen) atoms. The summed E-state index contributed by atoms with van der Waals surface area (Å²) in [5.74, 6) is 1.48. The van der Waals surface area contributed by atoms with Crippen molar-refractivity contribution in [2.75, 3.05) is 19.6 Å². The van der Waals surface area contributed by atoms with Crippen LogP contribution >= 0.6 is 0 Å². The van der Waals surface area contributed by atoms with Gasteiger partial charge in [0, 0.05) is 12.6 Å². The van der Waals surface area contributed by atoms with Crippen molar-refractivity contribution < 1.29 is 0 Å². The van der Waals surface area contributed by atoms with E-state index in [1.54, 1.807) is 0 Å². The SMILES string of the molecule is CC1CCN(C(C)CCc2ccccc2)CC1CN. The van der Waals surface area contributed by atoms with Crippen molar-refractivity contribution in [1.82, 2.24) is 4.90 Å². The maximum atomic E-state index is 5.89. The molecule has 1 aromatic rings. The molecule has 0 bridgehead atoms. The first kappa shape index (κ1) is 14.5. The average molecular weight is 260 g/mol. The molecule has 0 aromatic heterocycles. The van der Waals surface area contributed by atoms with Crippen LogP contribution in [0.1, 0.15) is 32.3 Å². The van der Waals surface area contributed by atoms with Crippen molar-refractivity contribution in [2.24, 2.45) is 17.6 Å². The molecule has 1 aromatic carbocycles. The number of hydrogen-bond donors (Lipinski definition) is 1. The fourth-order valence-corrected chi connectivity index (χ4v) is 3.09. The number of hydrogen-bond acceptors (Lipinski definition) is 2. The van der Waals surface area contributed by atoms with Gasteiger partial charge < -0.3 is 10.6 Å². The molecule has 1 aliphatic rings. The Morgan fingerprint density at radius 3 is 2.74 bits per heavy atom. The average Bonchev–Trinajstić information content (AvgIpc) is 2.46. The summed E-state index contributed by atoms with van der Waals surface area (Å²) >= 11 is 0. The third-order valence-corrected chi connectivity index (χ3v) is 4.77. The van der Waals surface area contributed by atoms with Gasteiger partial charge >= 0.3 is 0 Å². The molecule has 0 saturated carbocycles. The molecule has 2 rings (SSSR count). The quantitative estimate of drug-likeness (QED) is 0.882. The molecule has 0 aliphatic carbocycles. The normalized spacial score (nSPS) is 26.3. The lowest BCUT2D eigenvalue weighted by Gasteiger charge is -2.40. The van der Waals surface area contributed by atoms with Crippen molar-refractivity contribution in [1.29, 1.82) is 0 Å². The van der Waals surface area contributed by atoms with Crippen LogP contribution in [0.4, 0.5) is 0 Å². The van der Waals surface area contributed by atoms with Gasteiger partial charge in [-0.05, 0) is 56.7 Å². The van der Waals surface area contributed by atoms with E-state index in [1.165, 1.54) is 37.9 Å². The highest BCUT2D eigenvalue weighted by Gasteiger charge is 2.27. The Balaban J connectivity index is 1.81. The minimum Gasteiger partial charge on any atom is -0.330 e. The first-order valence-corrected chi connectivity index (χ1v) is 7.68. The monoisotopic (exact) mass is 260 g/mol. The molecule has 1 aliphatic heterocycles. The van der Waals surface area contributed by atoms with Gasteiger partial charge in [-0.25, -0.2) is 0 Å². The second-order valence-electron chi connectivity index (χ2n) is 6.13. The van der Waals surface area contributed by atoms with Gasteiger partial charge in [0.1, 0.15) is 0 Å². The van der Waals surface area contributed by atoms with E-state index in [0.29, 0.717) is 12.0 Å². The molecule has 1 saturated heterocycles. The van der Waals surface area contributed by atoms with Gasteiger partial charge in [0.05, 0.1) is 0 Å². The molecule has 0 radical (unpaired) electrons. The summed E-state index contributed by atoms with van der Waals surface area (Å²) in [7, 11) is 0. The largest absolute Gasteiger partial charge is 0.330 e. The lowest BCUT2D eigenvalue weighted by molar-refractivity contribution is 0.0942. The van der Waals surface area contributed by atoms with Gasteiger partial charge in [0.2, 0.25) is 0 Å². The molecular weight excluding hydrogens is 232 g/mol. The van der Waals surface area contributed by atoms with Gasteiger partial charge in [-0.15, -0.1) is 0 Å². The lowest BCUT2D eigenvalue weighted by Crippen LogP contribution is -2.46. The van der Waals surface area contributed by atoms with Gasteiger partial charge in [-0.1, -0.05) is 37.3 Å². The summed E-state index contributed by atoms with van der Waals surface area (Å²) in [6.07, 6.45) is 3.73. The van der Waals surface area contributed by atoms with Gasteiger partial charge in [-0.2, -0.15) is 0 Å². The summed E-state index contributed by atoms with van der Waals surface area (Å²) in [6, 6.07) is 11.5. The fourth-order valence-electron chi connectivity index (χ4n) is 3.09. The van der Waals surface area contributed by atoms with Crippen LogP contribution in [0.15, 0.2) is 30.3 Å². The maximum absolute atomic E-state index is 5.89. The number of likely N-dealkylation sites (tertiary alicyclic amines) is 1. The number of nitrogens with zero attached hydrogens (tertiary/aromatic N) is 1. The zero-order valence-corrected chi connectivity index (χ0v) is 12.4. The molecule has 106 valence electrons. The van der Waals surface area contributed by atoms with Crippen molar-refractivity contribution in [3.63, 3.8) is 0 Å². The summed E-state index contributed by atoms with van der Waals surface area (Å²) < 4.78 is 0.